The second-order valence-corrected chi connectivity index (χ2v) is 6.21. The lowest BCUT2D eigenvalue weighted by Crippen LogP contribution is -2.27. The largest absolute Gasteiger partial charge is 0.464 e. The van der Waals surface area contributed by atoms with Gasteiger partial charge in [-0.05, 0) is 6.07 Å². The van der Waals surface area contributed by atoms with E-state index in [1.54, 1.807) is 20.1 Å². The van der Waals surface area contributed by atoms with Crippen molar-refractivity contribution >= 4 is 21.1 Å². The molecule has 17 heavy (non-hydrogen) atoms. The van der Waals surface area contributed by atoms with Crippen LogP contribution in [0.5, 0.6) is 0 Å². The third kappa shape index (κ3) is 2.50. The van der Waals surface area contributed by atoms with Crippen molar-refractivity contribution in [1.29, 1.82) is 0 Å². The zero-order chi connectivity index (χ0) is 12.7. The molecule has 92 valence electrons. The van der Waals surface area contributed by atoms with Gasteiger partial charge in [-0.1, -0.05) is 32.0 Å². The molecule has 0 saturated carbocycles. The molecule has 1 heterocycles. The minimum absolute atomic E-state index is 0.330. The average Bonchev–Trinajstić information content (AvgIpc) is 2.57. The quantitative estimate of drug-likeness (QED) is 0.855. The number of furan rings is 1. The number of hydrogen-bond donors (Lipinski definition) is 1. The molecule has 1 aromatic carbocycles. The molecule has 0 fully saturated rings. The Balaban J connectivity index is 2.52. The van der Waals surface area contributed by atoms with E-state index in [4.69, 9.17) is 8.97 Å². The highest BCUT2D eigenvalue weighted by atomic mass is 32.2. The number of benzene rings is 1. The highest BCUT2D eigenvalue weighted by Gasteiger charge is 2.30. The van der Waals surface area contributed by atoms with Gasteiger partial charge in [-0.3, -0.25) is 4.55 Å². The van der Waals surface area contributed by atoms with Crippen molar-refractivity contribution in [3.05, 3.63) is 36.1 Å². The van der Waals surface area contributed by atoms with Gasteiger partial charge >= 0.3 is 0 Å². The third-order valence-electron chi connectivity index (χ3n) is 2.75. The van der Waals surface area contributed by atoms with Crippen LogP contribution < -0.4 is 0 Å². The lowest BCUT2D eigenvalue weighted by molar-refractivity contribution is 0.459. The second-order valence-electron chi connectivity index (χ2n) is 4.76. The van der Waals surface area contributed by atoms with Crippen molar-refractivity contribution in [3.63, 3.8) is 0 Å². The molecule has 5 heteroatoms. The first kappa shape index (κ1) is 12.1. The maximum Gasteiger partial charge on any atom is 0.265 e. The van der Waals surface area contributed by atoms with Gasteiger partial charge in [0, 0.05) is 16.4 Å². The van der Waals surface area contributed by atoms with Gasteiger partial charge in [-0.2, -0.15) is 8.42 Å². The van der Waals surface area contributed by atoms with Crippen molar-refractivity contribution in [2.75, 3.05) is 5.75 Å². The van der Waals surface area contributed by atoms with E-state index in [0.29, 0.717) is 5.58 Å². The van der Waals surface area contributed by atoms with Crippen molar-refractivity contribution in [2.45, 2.75) is 19.3 Å². The van der Waals surface area contributed by atoms with E-state index < -0.39 is 15.5 Å². The summed E-state index contributed by atoms with van der Waals surface area (Å²) in [6.07, 6.45) is 1.55. The Morgan fingerprint density at radius 1 is 1.29 bits per heavy atom. The fourth-order valence-electron chi connectivity index (χ4n) is 2.04. The Labute approximate surface area is 100.0 Å². The Morgan fingerprint density at radius 3 is 2.59 bits per heavy atom. The lowest BCUT2D eigenvalue weighted by Gasteiger charge is -2.21. The summed E-state index contributed by atoms with van der Waals surface area (Å²) in [5.74, 6) is -0.330. The predicted octanol–water partition coefficient (Wildman–Crippen LogP) is 2.60. The smallest absolute Gasteiger partial charge is 0.265 e. The van der Waals surface area contributed by atoms with Gasteiger partial charge < -0.3 is 4.42 Å². The van der Waals surface area contributed by atoms with Gasteiger partial charge in [0.25, 0.3) is 10.1 Å². The van der Waals surface area contributed by atoms with Crippen LogP contribution in [0.15, 0.2) is 34.9 Å². The molecule has 2 aromatic rings. The van der Waals surface area contributed by atoms with Crippen LogP contribution in [0.4, 0.5) is 0 Å². The standard InChI is InChI=1S/C12H14O4S/c1-12(2,8-17(13,14)15)10-7-16-11-6-4-3-5-9(10)11/h3-7H,8H2,1-2H3,(H,13,14,15). The molecule has 0 amide bonds. The summed E-state index contributed by atoms with van der Waals surface area (Å²) in [5, 5.41) is 0.876. The first-order chi connectivity index (χ1) is 7.80. The SMILES string of the molecule is CC(C)(CS(=O)(=O)O)c1coc2ccccc12. The first-order valence-electron chi connectivity index (χ1n) is 5.21. The van der Waals surface area contributed by atoms with Crippen molar-refractivity contribution in [3.8, 4) is 0 Å². The van der Waals surface area contributed by atoms with E-state index in [-0.39, 0.29) is 5.75 Å². The summed E-state index contributed by atoms with van der Waals surface area (Å²) < 4.78 is 36.3. The Kier molecular flexibility index (Phi) is 2.75. The molecule has 0 spiro atoms. The highest BCUT2D eigenvalue weighted by molar-refractivity contribution is 7.85. The summed E-state index contributed by atoms with van der Waals surface area (Å²) in [5.41, 5.74) is 0.803. The molecule has 0 aliphatic heterocycles. The van der Waals surface area contributed by atoms with Gasteiger partial charge in [0.1, 0.15) is 5.58 Å². The van der Waals surface area contributed by atoms with E-state index in [1.165, 1.54) is 0 Å². The molecule has 4 nitrogen and oxygen atoms in total. The minimum Gasteiger partial charge on any atom is -0.464 e. The zero-order valence-corrected chi connectivity index (χ0v) is 10.5. The topological polar surface area (TPSA) is 67.5 Å². The highest BCUT2D eigenvalue weighted by Crippen LogP contribution is 2.32. The number of rotatable bonds is 3. The van der Waals surface area contributed by atoms with Crippen LogP contribution in [0.2, 0.25) is 0 Å². The maximum absolute atomic E-state index is 11.0. The molecule has 0 aliphatic carbocycles. The van der Waals surface area contributed by atoms with E-state index >= 15 is 0 Å². The minimum atomic E-state index is -4.02. The van der Waals surface area contributed by atoms with Gasteiger partial charge in [-0.25, -0.2) is 0 Å². The Morgan fingerprint density at radius 2 is 1.94 bits per heavy atom. The van der Waals surface area contributed by atoms with Gasteiger partial charge in [-0.15, -0.1) is 0 Å². The molecule has 0 radical (unpaired) electrons. The second kappa shape index (κ2) is 3.85. The van der Waals surface area contributed by atoms with Crippen molar-refractivity contribution in [2.24, 2.45) is 0 Å². The van der Waals surface area contributed by atoms with Gasteiger partial charge in [0.05, 0.1) is 12.0 Å². The number of fused-ring (bicyclic) bond motifs is 1. The van der Waals surface area contributed by atoms with Crippen LogP contribution >= 0.6 is 0 Å². The van der Waals surface area contributed by atoms with Crippen molar-refractivity contribution in [1.82, 2.24) is 0 Å². The molecule has 0 atom stereocenters. The van der Waals surface area contributed by atoms with Crippen LogP contribution in [0.1, 0.15) is 19.4 Å². The monoisotopic (exact) mass is 254 g/mol. The van der Waals surface area contributed by atoms with E-state index in [2.05, 4.69) is 0 Å². The molecular weight excluding hydrogens is 240 g/mol. The van der Waals surface area contributed by atoms with Crippen LogP contribution in [0.3, 0.4) is 0 Å². The fraction of sp³-hybridized carbons (Fsp3) is 0.333. The van der Waals surface area contributed by atoms with Gasteiger partial charge in [0.2, 0.25) is 0 Å². The molecule has 1 N–H and O–H groups in total. The molecule has 1 aromatic heterocycles. The van der Waals surface area contributed by atoms with E-state index in [1.807, 2.05) is 24.3 Å². The molecule has 0 saturated heterocycles. The van der Waals surface area contributed by atoms with Crippen LogP contribution in [-0.4, -0.2) is 18.7 Å². The Hall–Kier alpha value is -1.33. The summed E-state index contributed by atoms with van der Waals surface area (Å²) in [7, 11) is -4.02. The molecule has 0 unspecified atom stereocenters. The van der Waals surface area contributed by atoms with E-state index in [0.717, 1.165) is 10.9 Å². The zero-order valence-electron chi connectivity index (χ0n) is 9.67. The van der Waals surface area contributed by atoms with E-state index in [9.17, 15) is 8.42 Å². The summed E-state index contributed by atoms with van der Waals surface area (Å²) in [4.78, 5) is 0. The van der Waals surface area contributed by atoms with Gasteiger partial charge in [0.15, 0.2) is 0 Å². The molecular formula is C12H14O4S. The maximum atomic E-state index is 11.0. The van der Waals surface area contributed by atoms with Crippen LogP contribution in [0, 0.1) is 0 Å². The number of hydrogen-bond acceptors (Lipinski definition) is 3. The number of para-hydroxylation sites is 1. The third-order valence-corrected chi connectivity index (χ3v) is 3.84. The lowest BCUT2D eigenvalue weighted by atomic mass is 9.86. The summed E-state index contributed by atoms with van der Waals surface area (Å²) >= 11 is 0. The normalized spacial score (nSPS) is 13.1. The molecule has 0 aliphatic rings. The Bertz CT molecular complexity index is 637. The summed E-state index contributed by atoms with van der Waals surface area (Å²) in [6, 6.07) is 7.42. The van der Waals surface area contributed by atoms with Crippen LogP contribution in [0.25, 0.3) is 11.0 Å². The molecule has 0 bridgehead atoms. The van der Waals surface area contributed by atoms with Crippen molar-refractivity contribution < 1.29 is 17.4 Å². The predicted molar refractivity (Wildman–Crippen MR) is 65.7 cm³/mol. The average molecular weight is 254 g/mol. The summed E-state index contributed by atoms with van der Waals surface area (Å²) in [6.45, 7) is 3.52. The molecule has 2 rings (SSSR count). The van der Waals surface area contributed by atoms with Crippen LogP contribution in [-0.2, 0) is 15.5 Å². The first-order valence-corrected chi connectivity index (χ1v) is 6.82. The fourth-order valence-corrected chi connectivity index (χ4v) is 3.10.